The summed E-state index contributed by atoms with van der Waals surface area (Å²) >= 11 is 0. The number of rotatable bonds is 6. The zero-order valence-corrected chi connectivity index (χ0v) is 9.23. The Morgan fingerprint density at radius 3 is 2.80 bits per heavy atom. The van der Waals surface area contributed by atoms with Crippen LogP contribution in [0.25, 0.3) is 0 Å². The normalized spacial score (nSPS) is 12.1. The van der Waals surface area contributed by atoms with Crippen molar-refractivity contribution in [3.63, 3.8) is 0 Å². The lowest BCUT2D eigenvalue weighted by Gasteiger charge is -2.13. The fraction of sp³-hybridized carbons (Fsp3) is 0.455. The van der Waals surface area contributed by atoms with Crippen LogP contribution in [0.15, 0.2) is 24.8 Å². The van der Waals surface area contributed by atoms with Crippen LogP contribution in [0.4, 0.5) is 0 Å². The van der Waals surface area contributed by atoms with Gasteiger partial charge in [-0.05, 0) is 26.0 Å². The Balaban J connectivity index is 2.69. The summed E-state index contributed by atoms with van der Waals surface area (Å²) in [5.41, 5.74) is 0.931. The van der Waals surface area contributed by atoms with Crippen molar-refractivity contribution >= 4 is 0 Å². The van der Waals surface area contributed by atoms with Crippen molar-refractivity contribution in [2.45, 2.75) is 18.9 Å². The van der Waals surface area contributed by atoms with E-state index in [0.29, 0.717) is 5.88 Å². The number of ether oxygens (including phenoxy) is 1. The zero-order valence-electron chi connectivity index (χ0n) is 9.23. The first-order chi connectivity index (χ1) is 7.31. The molecule has 0 aliphatic heterocycles. The van der Waals surface area contributed by atoms with Crippen LogP contribution in [-0.2, 0) is 0 Å². The second-order valence-corrected chi connectivity index (χ2v) is 3.21. The summed E-state index contributed by atoms with van der Waals surface area (Å²) in [4.78, 5) is 0. The molecule has 4 heteroatoms. The average Bonchev–Trinajstić information content (AvgIpc) is 2.31. The van der Waals surface area contributed by atoms with E-state index in [4.69, 9.17) is 4.74 Å². The molecule has 4 nitrogen and oxygen atoms in total. The van der Waals surface area contributed by atoms with E-state index < -0.39 is 0 Å². The molecule has 82 valence electrons. The molecule has 0 fully saturated rings. The van der Waals surface area contributed by atoms with Crippen molar-refractivity contribution in [1.29, 1.82) is 0 Å². The molecule has 0 saturated heterocycles. The Morgan fingerprint density at radius 2 is 2.33 bits per heavy atom. The highest BCUT2D eigenvalue weighted by Crippen LogP contribution is 2.16. The summed E-state index contributed by atoms with van der Waals surface area (Å²) in [6, 6.07) is 3.97. The number of aromatic nitrogens is 2. The van der Waals surface area contributed by atoms with Gasteiger partial charge < -0.3 is 10.1 Å². The molecular weight excluding hydrogens is 190 g/mol. The van der Waals surface area contributed by atoms with E-state index in [1.54, 1.807) is 7.11 Å². The summed E-state index contributed by atoms with van der Waals surface area (Å²) < 4.78 is 4.95. The molecule has 1 unspecified atom stereocenters. The smallest absolute Gasteiger partial charge is 0.233 e. The van der Waals surface area contributed by atoms with Crippen LogP contribution in [0.5, 0.6) is 5.88 Å². The molecule has 1 atom stereocenters. The van der Waals surface area contributed by atoms with Gasteiger partial charge in [-0.1, -0.05) is 6.08 Å². The maximum Gasteiger partial charge on any atom is 0.233 e. The van der Waals surface area contributed by atoms with E-state index in [9.17, 15) is 0 Å². The van der Waals surface area contributed by atoms with Crippen molar-refractivity contribution in [2.75, 3.05) is 14.2 Å². The van der Waals surface area contributed by atoms with Gasteiger partial charge in [0.15, 0.2) is 0 Å². The van der Waals surface area contributed by atoms with Gasteiger partial charge in [-0.15, -0.1) is 11.7 Å². The predicted octanol–water partition coefficient (Wildman–Crippen LogP) is 1.71. The molecule has 1 rings (SSSR count). The minimum absolute atomic E-state index is 0.224. The monoisotopic (exact) mass is 207 g/mol. The van der Waals surface area contributed by atoms with Crippen LogP contribution in [-0.4, -0.2) is 24.4 Å². The van der Waals surface area contributed by atoms with Gasteiger partial charge in [-0.2, -0.15) is 5.10 Å². The number of hydrogen-bond donors (Lipinski definition) is 1. The minimum atomic E-state index is 0.224. The van der Waals surface area contributed by atoms with Crippen molar-refractivity contribution in [3.8, 4) is 5.88 Å². The minimum Gasteiger partial charge on any atom is -0.480 e. The van der Waals surface area contributed by atoms with E-state index in [2.05, 4.69) is 22.1 Å². The van der Waals surface area contributed by atoms with Gasteiger partial charge in [0.2, 0.25) is 5.88 Å². The van der Waals surface area contributed by atoms with Gasteiger partial charge in [0, 0.05) is 6.07 Å². The Morgan fingerprint density at radius 1 is 1.53 bits per heavy atom. The second-order valence-electron chi connectivity index (χ2n) is 3.21. The molecule has 0 aliphatic rings. The molecule has 0 spiro atoms. The molecule has 1 N–H and O–H groups in total. The van der Waals surface area contributed by atoms with Crippen LogP contribution in [0.2, 0.25) is 0 Å². The molecule has 0 aromatic carbocycles. The van der Waals surface area contributed by atoms with Crippen molar-refractivity contribution in [3.05, 3.63) is 30.5 Å². The molecule has 1 aromatic rings. The third-order valence-corrected chi connectivity index (χ3v) is 2.23. The highest BCUT2D eigenvalue weighted by molar-refractivity contribution is 5.14. The number of methoxy groups -OCH3 is 1. The summed E-state index contributed by atoms with van der Waals surface area (Å²) in [7, 11) is 3.50. The van der Waals surface area contributed by atoms with E-state index in [-0.39, 0.29) is 6.04 Å². The van der Waals surface area contributed by atoms with Gasteiger partial charge >= 0.3 is 0 Å². The molecule has 0 aliphatic carbocycles. The SMILES string of the molecule is C=CCCC(NC)c1ccc(OC)nn1. The maximum atomic E-state index is 4.95. The van der Waals surface area contributed by atoms with Gasteiger partial charge in [0.1, 0.15) is 0 Å². The van der Waals surface area contributed by atoms with Gasteiger partial charge in [-0.3, -0.25) is 0 Å². The largest absolute Gasteiger partial charge is 0.480 e. The summed E-state index contributed by atoms with van der Waals surface area (Å²) in [5.74, 6) is 0.539. The number of nitrogens with zero attached hydrogens (tertiary/aromatic N) is 2. The van der Waals surface area contributed by atoms with Crippen LogP contribution >= 0.6 is 0 Å². The lowest BCUT2D eigenvalue weighted by molar-refractivity contribution is 0.389. The van der Waals surface area contributed by atoms with Crippen molar-refractivity contribution in [1.82, 2.24) is 15.5 Å². The van der Waals surface area contributed by atoms with Crippen LogP contribution in [0, 0.1) is 0 Å². The van der Waals surface area contributed by atoms with E-state index in [1.165, 1.54) is 0 Å². The van der Waals surface area contributed by atoms with Gasteiger partial charge in [0.25, 0.3) is 0 Å². The fourth-order valence-corrected chi connectivity index (χ4v) is 1.35. The lowest BCUT2D eigenvalue weighted by Crippen LogP contribution is -2.17. The zero-order chi connectivity index (χ0) is 11.1. The number of nitrogens with one attached hydrogen (secondary N) is 1. The van der Waals surface area contributed by atoms with Gasteiger partial charge in [-0.25, -0.2) is 0 Å². The maximum absolute atomic E-state index is 4.95. The summed E-state index contributed by atoms with van der Waals surface area (Å²) in [5, 5.41) is 11.2. The highest BCUT2D eigenvalue weighted by atomic mass is 16.5. The van der Waals surface area contributed by atoms with Crippen molar-refractivity contribution < 1.29 is 4.74 Å². The Hall–Kier alpha value is -1.42. The molecule has 0 radical (unpaired) electrons. The van der Waals surface area contributed by atoms with E-state index >= 15 is 0 Å². The van der Waals surface area contributed by atoms with Crippen LogP contribution < -0.4 is 10.1 Å². The number of allylic oxidation sites excluding steroid dienone is 1. The third kappa shape index (κ3) is 3.32. The first kappa shape index (κ1) is 11.7. The predicted molar refractivity (Wildman–Crippen MR) is 59.8 cm³/mol. The molecule has 0 saturated carbocycles. The van der Waals surface area contributed by atoms with E-state index in [1.807, 2.05) is 25.3 Å². The standard InChI is InChI=1S/C11H17N3O/c1-4-5-6-9(12-2)10-7-8-11(15-3)14-13-10/h4,7-9,12H,1,5-6H2,2-3H3. The topological polar surface area (TPSA) is 47.0 Å². The molecule has 15 heavy (non-hydrogen) atoms. The lowest BCUT2D eigenvalue weighted by atomic mass is 10.1. The molecular formula is C11H17N3O. The Labute approximate surface area is 90.4 Å². The first-order valence-corrected chi connectivity index (χ1v) is 4.97. The first-order valence-electron chi connectivity index (χ1n) is 4.97. The quantitative estimate of drug-likeness (QED) is 0.721. The summed E-state index contributed by atoms with van der Waals surface area (Å²) in [6.07, 6.45) is 3.83. The summed E-state index contributed by atoms with van der Waals surface area (Å²) in [6.45, 7) is 3.70. The van der Waals surface area contributed by atoms with Crippen LogP contribution in [0.1, 0.15) is 24.6 Å². The Bertz CT molecular complexity index is 297. The molecule has 1 heterocycles. The van der Waals surface area contributed by atoms with Gasteiger partial charge in [0.05, 0.1) is 18.8 Å². The molecule has 1 aromatic heterocycles. The van der Waals surface area contributed by atoms with Crippen molar-refractivity contribution in [2.24, 2.45) is 0 Å². The van der Waals surface area contributed by atoms with E-state index in [0.717, 1.165) is 18.5 Å². The molecule has 0 bridgehead atoms. The fourth-order valence-electron chi connectivity index (χ4n) is 1.35. The second kappa shape index (κ2) is 6.14. The number of hydrogen-bond acceptors (Lipinski definition) is 4. The molecule has 0 amide bonds. The Kier molecular flexibility index (Phi) is 4.77. The van der Waals surface area contributed by atoms with Crippen LogP contribution in [0.3, 0.4) is 0 Å². The highest BCUT2D eigenvalue weighted by Gasteiger charge is 2.10. The average molecular weight is 207 g/mol. The third-order valence-electron chi connectivity index (χ3n) is 2.23.